The minimum atomic E-state index is -0.526. The molecular weight excluding hydrogens is 354 g/mol. The van der Waals surface area contributed by atoms with Crippen LogP contribution in [0.2, 0.25) is 0 Å². The highest BCUT2D eigenvalue weighted by Crippen LogP contribution is 2.23. The summed E-state index contributed by atoms with van der Waals surface area (Å²) in [5.74, 6) is -0.603. The van der Waals surface area contributed by atoms with Crippen molar-refractivity contribution in [1.82, 2.24) is 4.90 Å². The minimum Gasteiger partial charge on any atom is -0.383 e. The zero-order valence-electron chi connectivity index (χ0n) is 16.8. The number of hydrogen-bond donors (Lipinski definition) is 2. The Morgan fingerprint density at radius 1 is 1.11 bits per heavy atom. The Kier molecular flexibility index (Phi) is 8.17. The van der Waals surface area contributed by atoms with Gasteiger partial charge in [0, 0.05) is 37.0 Å². The van der Waals surface area contributed by atoms with Crippen molar-refractivity contribution in [2.75, 3.05) is 38.7 Å². The molecule has 0 bridgehead atoms. The summed E-state index contributed by atoms with van der Waals surface area (Å²) in [5.41, 5.74) is 8.90. The van der Waals surface area contributed by atoms with Crippen molar-refractivity contribution < 1.29 is 14.3 Å². The second-order valence-electron chi connectivity index (χ2n) is 6.68. The number of likely N-dealkylation sites (N-methyl/N-ethyl adjacent to an activating group) is 1. The van der Waals surface area contributed by atoms with E-state index in [2.05, 4.69) is 29.3 Å². The van der Waals surface area contributed by atoms with Crippen LogP contribution in [0.1, 0.15) is 40.1 Å². The molecule has 0 spiro atoms. The number of ether oxygens (including phenoxy) is 1. The van der Waals surface area contributed by atoms with E-state index in [4.69, 9.17) is 10.5 Å². The number of Topliss-reactive ketones (excluding diaryl/α,β-unsaturated/α-hetero) is 1. The van der Waals surface area contributed by atoms with Crippen LogP contribution in [0, 0.1) is 0 Å². The highest BCUT2D eigenvalue weighted by molar-refractivity contribution is 6.03. The maximum atomic E-state index is 11.9. The van der Waals surface area contributed by atoms with Gasteiger partial charge in [0.15, 0.2) is 5.78 Å². The number of nitrogens with one attached hydrogen (secondary N) is 1. The molecule has 6 nitrogen and oxygen atoms in total. The summed E-state index contributed by atoms with van der Waals surface area (Å²) in [7, 11) is 1.72. The SMILES string of the molecule is CCN(CCOC)CCc1ccc(Nc2cc(C(N)=O)ccc2C(C)=O)cc1. The molecule has 1 amide bonds. The number of carbonyl (C=O) groups is 2. The van der Waals surface area contributed by atoms with Gasteiger partial charge in [-0.1, -0.05) is 19.1 Å². The van der Waals surface area contributed by atoms with Gasteiger partial charge in [-0.3, -0.25) is 9.59 Å². The van der Waals surface area contributed by atoms with E-state index in [9.17, 15) is 9.59 Å². The molecule has 150 valence electrons. The van der Waals surface area contributed by atoms with Gasteiger partial charge in [0.2, 0.25) is 5.91 Å². The molecule has 6 heteroatoms. The summed E-state index contributed by atoms with van der Waals surface area (Å²) in [6.07, 6.45) is 0.952. The van der Waals surface area contributed by atoms with Crippen LogP contribution in [0.4, 0.5) is 11.4 Å². The Morgan fingerprint density at radius 2 is 1.82 bits per heavy atom. The molecule has 0 atom stereocenters. The van der Waals surface area contributed by atoms with Crippen molar-refractivity contribution in [3.05, 3.63) is 59.2 Å². The zero-order chi connectivity index (χ0) is 20.5. The fourth-order valence-electron chi connectivity index (χ4n) is 2.95. The number of primary amides is 1. The molecule has 0 saturated heterocycles. The van der Waals surface area contributed by atoms with Crippen LogP contribution in [0.25, 0.3) is 0 Å². The molecule has 0 fully saturated rings. The summed E-state index contributed by atoms with van der Waals surface area (Å²) < 4.78 is 5.15. The molecule has 2 aromatic carbocycles. The molecular formula is C22H29N3O3. The first-order valence-corrected chi connectivity index (χ1v) is 9.46. The molecule has 28 heavy (non-hydrogen) atoms. The Balaban J connectivity index is 2.07. The largest absolute Gasteiger partial charge is 0.383 e. The summed E-state index contributed by atoms with van der Waals surface area (Å²) >= 11 is 0. The lowest BCUT2D eigenvalue weighted by Gasteiger charge is -2.19. The Morgan fingerprint density at radius 3 is 2.39 bits per heavy atom. The smallest absolute Gasteiger partial charge is 0.248 e. The monoisotopic (exact) mass is 383 g/mol. The van der Waals surface area contributed by atoms with Crippen molar-refractivity contribution in [3.8, 4) is 0 Å². The molecule has 2 aromatic rings. The second-order valence-corrected chi connectivity index (χ2v) is 6.68. The number of anilines is 2. The zero-order valence-corrected chi connectivity index (χ0v) is 16.8. The molecule has 0 unspecified atom stereocenters. The first-order valence-electron chi connectivity index (χ1n) is 9.46. The molecule has 0 aliphatic carbocycles. The van der Waals surface area contributed by atoms with Gasteiger partial charge < -0.3 is 20.7 Å². The number of nitrogens with two attached hydrogens (primary N) is 1. The highest BCUT2D eigenvalue weighted by atomic mass is 16.5. The molecule has 2 rings (SSSR count). The number of benzene rings is 2. The molecule has 0 heterocycles. The molecule has 0 aliphatic heterocycles. The number of methoxy groups -OCH3 is 1. The van der Waals surface area contributed by atoms with Gasteiger partial charge in [-0.2, -0.15) is 0 Å². The Labute approximate surface area is 166 Å². The summed E-state index contributed by atoms with van der Waals surface area (Å²) in [6.45, 7) is 7.27. The van der Waals surface area contributed by atoms with Gasteiger partial charge in [-0.05, 0) is 55.8 Å². The van der Waals surface area contributed by atoms with Crippen molar-refractivity contribution in [2.24, 2.45) is 5.73 Å². The standard InChI is InChI=1S/C22H29N3O3/c1-4-25(13-14-28-3)12-11-17-5-8-19(9-6-17)24-21-15-18(22(23)27)7-10-20(21)16(2)26/h5-10,15,24H,4,11-14H2,1-3H3,(H2,23,27). The third kappa shape index (κ3) is 6.18. The molecule has 0 aromatic heterocycles. The fourth-order valence-corrected chi connectivity index (χ4v) is 2.95. The van der Waals surface area contributed by atoms with Gasteiger partial charge in [-0.15, -0.1) is 0 Å². The second kappa shape index (κ2) is 10.6. The maximum absolute atomic E-state index is 11.9. The van der Waals surface area contributed by atoms with Crippen LogP contribution in [-0.2, 0) is 11.2 Å². The molecule has 0 aliphatic rings. The van der Waals surface area contributed by atoms with Crippen LogP contribution >= 0.6 is 0 Å². The number of carbonyl (C=O) groups excluding carboxylic acids is 2. The Bertz CT molecular complexity index is 803. The van der Waals surface area contributed by atoms with Gasteiger partial charge in [0.1, 0.15) is 0 Å². The van der Waals surface area contributed by atoms with Gasteiger partial charge in [0.25, 0.3) is 0 Å². The first kappa shape index (κ1) is 21.6. The van der Waals surface area contributed by atoms with Crippen LogP contribution in [0.3, 0.4) is 0 Å². The Hall–Kier alpha value is -2.70. The normalized spacial score (nSPS) is 10.9. The lowest BCUT2D eigenvalue weighted by Crippen LogP contribution is -2.29. The predicted octanol–water partition coefficient (Wildman–Crippen LogP) is 3.24. The lowest BCUT2D eigenvalue weighted by molar-refractivity contribution is 0.0993. The van der Waals surface area contributed by atoms with E-state index in [1.54, 1.807) is 25.3 Å². The van der Waals surface area contributed by atoms with Gasteiger partial charge >= 0.3 is 0 Å². The van der Waals surface area contributed by atoms with Crippen LogP contribution < -0.4 is 11.1 Å². The quantitative estimate of drug-likeness (QED) is 0.582. The topological polar surface area (TPSA) is 84.7 Å². The van der Waals surface area contributed by atoms with E-state index in [1.165, 1.54) is 12.5 Å². The van der Waals surface area contributed by atoms with E-state index >= 15 is 0 Å². The van der Waals surface area contributed by atoms with Crippen LogP contribution in [0.15, 0.2) is 42.5 Å². The average Bonchev–Trinajstić information content (AvgIpc) is 2.69. The van der Waals surface area contributed by atoms with Gasteiger partial charge in [0.05, 0.1) is 12.3 Å². The minimum absolute atomic E-state index is 0.0779. The number of nitrogens with zero attached hydrogens (tertiary/aromatic N) is 1. The van der Waals surface area contributed by atoms with Crippen molar-refractivity contribution >= 4 is 23.1 Å². The van der Waals surface area contributed by atoms with Crippen molar-refractivity contribution in [1.29, 1.82) is 0 Å². The van der Waals surface area contributed by atoms with Crippen molar-refractivity contribution in [2.45, 2.75) is 20.3 Å². The molecule has 0 saturated carbocycles. The van der Waals surface area contributed by atoms with E-state index < -0.39 is 5.91 Å². The lowest BCUT2D eigenvalue weighted by atomic mass is 10.0. The molecule has 3 N–H and O–H groups in total. The summed E-state index contributed by atoms with van der Waals surface area (Å²) in [4.78, 5) is 25.7. The number of rotatable bonds is 11. The third-order valence-electron chi connectivity index (χ3n) is 4.69. The van der Waals surface area contributed by atoms with Crippen LogP contribution in [0.5, 0.6) is 0 Å². The number of ketones is 1. The van der Waals surface area contributed by atoms with E-state index in [1.807, 2.05) is 12.1 Å². The summed E-state index contributed by atoms with van der Waals surface area (Å²) in [6, 6.07) is 12.9. The number of amides is 1. The third-order valence-corrected chi connectivity index (χ3v) is 4.69. The van der Waals surface area contributed by atoms with Crippen LogP contribution in [-0.4, -0.2) is 49.9 Å². The summed E-state index contributed by atoms with van der Waals surface area (Å²) in [5, 5.41) is 3.22. The van der Waals surface area contributed by atoms with E-state index in [0.29, 0.717) is 16.8 Å². The van der Waals surface area contributed by atoms with Gasteiger partial charge in [-0.25, -0.2) is 0 Å². The number of hydrogen-bond acceptors (Lipinski definition) is 5. The molecule has 0 radical (unpaired) electrons. The maximum Gasteiger partial charge on any atom is 0.248 e. The van der Waals surface area contributed by atoms with E-state index in [-0.39, 0.29) is 5.78 Å². The van der Waals surface area contributed by atoms with Crippen molar-refractivity contribution in [3.63, 3.8) is 0 Å². The van der Waals surface area contributed by atoms with E-state index in [0.717, 1.165) is 38.3 Å². The fraction of sp³-hybridized carbons (Fsp3) is 0.364. The first-order chi connectivity index (χ1) is 13.4. The predicted molar refractivity (Wildman–Crippen MR) is 112 cm³/mol. The highest BCUT2D eigenvalue weighted by Gasteiger charge is 2.11. The average molecular weight is 383 g/mol.